The summed E-state index contributed by atoms with van der Waals surface area (Å²) in [5, 5.41) is 8.84. The van der Waals surface area contributed by atoms with Crippen LogP contribution in [0.5, 0.6) is 5.75 Å². The number of rotatable bonds is 5. The third kappa shape index (κ3) is 3.63. The maximum atomic E-state index is 13.3. The number of benzene rings is 2. The quantitative estimate of drug-likeness (QED) is 0.841. The van der Waals surface area contributed by atoms with Gasteiger partial charge in [0.25, 0.3) is 0 Å². The predicted octanol–water partition coefficient (Wildman–Crippen LogP) is 3.27. The molecular weight excluding hydrogens is 319 g/mol. The molecule has 0 aromatic heterocycles. The van der Waals surface area contributed by atoms with E-state index in [2.05, 4.69) is 19.1 Å². The molecule has 3 rings (SSSR count). The molecule has 25 heavy (non-hydrogen) atoms. The van der Waals surface area contributed by atoms with E-state index in [1.54, 1.807) is 11.0 Å². The molecule has 1 aliphatic heterocycles. The first kappa shape index (κ1) is 17.0. The van der Waals surface area contributed by atoms with Crippen LogP contribution < -0.4 is 4.74 Å². The van der Waals surface area contributed by atoms with Gasteiger partial charge >= 0.3 is 0 Å². The first-order valence-electron chi connectivity index (χ1n) is 8.17. The molecule has 4 nitrogen and oxygen atoms in total. The summed E-state index contributed by atoms with van der Waals surface area (Å²) in [6, 6.07) is 15.9. The lowest BCUT2D eigenvalue weighted by molar-refractivity contribution is -0.128. The molecule has 2 aromatic carbocycles. The Morgan fingerprint density at radius 3 is 2.76 bits per heavy atom. The molecule has 0 radical (unpaired) electrons. The molecule has 1 saturated heterocycles. The lowest BCUT2D eigenvalue weighted by atomic mass is 9.82. The number of amides is 1. The van der Waals surface area contributed by atoms with Crippen molar-refractivity contribution in [2.75, 3.05) is 19.7 Å². The monoisotopic (exact) mass is 338 g/mol. The summed E-state index contributed by atoms with van der Waals surface area (Å²) in [4.78, 5) is 14.1. The Balaban J connectivity index is 1.59. The second kappa shape index (κ2) is 6.94. The van der Waals surface area contributed by atoms with E-state index in [1.165, 1.54) is 18.2 Å². The summed E-state index contributed by atoms with van der Waals surface area (Å²) in [7, 11) is 0. The van der Waals surface area contributed by atoms with Crippen molar-refractivity contribution < 1.29 is 13.9 Å². The number of carbonyl (C=O) groups excluding carboxylic acids is 1. The van der Waals surface area contributed by atoms with Crippen LogP contribution in [0.15, 0.2) is 48.5 Å². The van der Waals surface area contributed by atoms with Crippen molar-refractivity contribution in [1.82, 2.24) is 4.90 Å². The van der Waals surface area contributed by atoms with E-state index in [0.29, 0.717) is 31.9 Å². The Morgan fingerprint density at radius 1 is 1.28 bits per heavy atom. The minimum atomic E-state index is -0.566. The summed E-state index contributed by atoms with van der Waals surface area (Å²) in [5.74, 6) is -0.0367. The zero-order chi connectivity index (χ0) is 17.9. The minimum Gasteiger partial charge on any atom is -0.492 e. The minimum absolute atomic E-state index is 0.0496. The number of nitrogens with zero attached hydrogens (tertiary/aromatic N) is 2. The van der Waals surface area contributed by atoms with Crippen molar-refractivity contribution in [2.24, 2.45) is 0 Å². The fourth-order valence-electron chi connectivity index (χ4n) is 3.20. The van der Waals surface area contributed by atoms with E-state index in [-0.39, 0.29) is 16.9 Å². The van der Waals surface area contributed by atoms with Gasteiger partial charge < -0.3 is 9.64 Å². The van der Waals surface area contributed by atoms with Crippen LogP contribution in [-0.4, -0.2) is 30.5 Å². The van der Waals surface area contributed by atoms with Crippen molar-refractivity contribution in [2.45, 2.75) is 18.8 Å². The van der Waals surface area contributed by atoms with Crippen LogP contribution in [0.2, 0.25) is 0 Å². The number of nitriles is 1. The predicted molar refractivity (Wildman–Crippen MR) is 91.6 cm³/mol. The van der Waals surface area contributed by atoms with E-state index >= 15 is 0 Å². The molecule has 2 aromatic rings. The number of hydrogen-bond acceptors (Lipinski definition) is 3. The van der Waals surface area contributed by atoms with E-state index in [0.717, 1.165) is 5.56 Å². The van der Waals surface area contributed by atoms with Gasteiger partial charge in [-0.3, -0.25) is 4.79 Å². The molecule has 5 heteroatoms. The topological polar surface area (TPSA) is 53.3 Å². The number of likely N-dealkylation sites (tertiary alicyclic amines) is 1. The van der Waals surface area contributed by atoms with Crippen molar-refractivity contribution >= 4 is 5.91 Å². The summed E-state index contributed by atoms with van der Waals surface area (Å²) in [6.07, 6.45) is 0.478. The van der Waals surface area contributed by atoms with Gasteiger partial charge in [-0.1, -0.05) is 37.3 Å². The Morgan fingerprint density at radius 2 is 2.04 bits per heavy atom. The van der Waals surface area contributed by atoms with Gasteiger partial charge in [-0.05, 0) is 17.7 Å². The second-order valence-corrected chi connectivity index (χ2v) is 6.52. The molecule has 1 atom stereocenters. The number of carbonyl (C=O) groups is 1. The highest BCUT2D eigenvalue weighted by Gasteiger charge is 2.40. The summed E-state index contributed by atoms with van der Waals surface area (Å²) >= 11 is 0. The molecule has 0 spiro atoms. The Kier molecular flexibility index (Phi) is 4.71. The summed E-state index contributed by atoms with van der Waals surface area (Å²) in [5.41, 5.74) is 0.915. The fraction of sp³-hybridized carbons (Fsp3) is 0.300. The second-order valence-electron chi connectivity index (χ2n) is 6.52. The molecule has 0 saturated carbocycles. The van der Waals surface area contributed by atoms with Crippen molar-refractivity contribution in [3.05, 3.63) is 65.5 Å². The molecule has 0 N–H and O–H groups in total. The molecule has 128 valence electrons. The van der Waals surface area contributed by atoms with Crippen LogP contribution in [0.1, 0.15) is 24.5 Å². The van der Waals surface area contributed by atoms with Crippen LogP contribution in [0.25, 0.3) is 0 Å². The van der Waals surface area contributed by atoms with Crippen LogP contribution in [0, 0.1) is 17.1 Å². The molecule has 1 aliphatic rings. The lowest BCUT2D eigenvalue weighted by Crippen LogP contribution is -2.32. The zero-order valence-electron chi connectivity index (χ0n) is 14.0. The summed E-state index contributed by atoms with van der Waals surface area (Å²) in [6.45, 7) is 3.50. The van der Waals surface area contributed by atoms with Crippen molar-refractivity contribution in [3.8, 4) is 11.8 Å². The van der Waals surface area contributed by atoms with E-state index in [4.69, 9.17) is 10.00 Å². The average Bonchev–Trinajstić information content (AvgIpc) is 2.92. The smallest absolute Gasteiger partial charge is 0.223 e. The fourth-order valence-corrected chi connectivity index (χ4v) is 3.20. The van der Waals surface area contributed by atoms with Gasteiger partial charge in [0, 0.05) is 24.4 Å². The van der Waals surface area contributed by atoms with Gasteiger partial charge in [0.2, 0.25) is 5.91 Å². The standard InChI is InChI=1S/C20H19FN2O2/c1-20(16-5-3-2-4-6-16)12-19(24)23(14-20)9-10-25-17-7-8-18(21)15(11-17)13-22/h2-8,11H,9-10,12,14H2,1H3/t20-/m0/s1. The molecular formula is C20H19FN2O2. The Hall–Kier alpha value is -2.87. The highest BCUT2D eigenvalue weighted by atomic mass is 19.1. The van der Waals surface area contributed by atoms with Crippen molar-refractivity contribution in [1.29, 1.82) is 5.26 Å². The van der Waals surface area contributed by atoms with Gasteiger partial charge in [0.15, 0.2) is 0 Å². The normalized spacial score (nSPS) is 19.7. The highest BCUT2D eigenvalue weighted by Crippen LogP contribution is 2.34. The number of halogens is 1. The Labute approximate surface area is 146 Å². The largest absolute Gasteiger partial charge is 0.492 e. The molecule has 0 aliphatic carbocycles. The number of ether oxygens (including phenoxy) is 1. The van der Waals surface area contributed by atoms with Crippen LogP contribution >= 0.6 is 0 Å². The van der Waals surface area contributed by atoms with Gasteiger partial charge in [0.05, 0.1) is 12.1 Å². The molecule has 1 heterocycles. The third-order valence-electron chi connectivity index (χ3n) is 4.59. The number of hydrogen-bond donors (Lipinski definition) is 0. The first-order chi connectivity index (χ1) is 12.0. The van der Waals surface area contributed by atoms with Gasteiger partial charge in [-0.2, -0.15) is 5.26 Å². The van der Waals surface area contributed by atoms with Crippen LogP contribution in [0.4, 0.5) is 4.39 Å². The molecule has 1 amide bonds. The third-order valence-corrected chi connectivity index (χ3v) is 4.59. The van der Waals surface area contributed by atoms with Gasteiger partial charge in [-0.15, -0.1) is 0 Å². The maximum absolute atomic E-state index is 13.3. The van der Waals surface area contributed by atoms with E-state index in [1.807, 2.05) is 18.2 Å². The first-order valence-corrected chi connectivity index (χ1v) is 8.17. The molecule has 1 fully saturated rings. The lowest BCUT2D eigenvalue weighted by Gasteiger charge is -2.24. The molecule has 0 unspecified atom stereocenters. The maximum Gasteiger partial charge on any atom is 0.223 e. The Bertz CT molecular complexity index is 816. The molecule has 0 bridgehead atoms. The van der Waals surface area contributed by atoms with E-state index in [9.17, 15) is 9.18 Å². The van der Waals surface area contributed by atoms with Crippen LogP contribution in [-0.2, 0) is 10.2 Å². The van der Waals surface area contributed by atoms with Gasteiger partial charge in [0.1, 0.15) is 24.2 Å². The van der Waals surface area contributed by atoms with Crippen molar-refractivity contribution in [3.63, 3.8) is 0 Å². The SMILES string of the molecule is C[C@]1(c2ccccc2)CC(=O)N(CCOc2ccc(F)c(C#N)c2)C1. The van der Waals surface area contributed by atoms with E-state index < -0.39 is 5.82 Å². The van der Waals surface area contributed by atoms with Crippen LogP contribution in [0.3, 0.4) is 0 Å². The zero-order valence-corrected chi connectivity index (χ0v) is 14.0. The van der Waals surface area contributed by atoms with Gasteiger partial charge in [-0.25, -0.2) is 4.39 Å². The average molecular weight is 338 g/mol. The summed E-state index contributed by atoms with van der Waals surface area (Å²) < 4.78 is 18.9. The highest BCUT2D eigenvalue weighted by molar-refractivity contribution is 5.80.